The summed E-state index contributed by atoms with van der Waals surface area (Å²) in [6, 6.07) is 8.01. The molecule has 1 aromatic carbocycles. The number of amides is 1. The zero-order valence-electron chi connectivity index (χ0n) is 17.0. The highest BCUT2D eigenvalue weighted by molar-refractivity contribution is 5.81. The topological polar surface area (TPSA) is 86.2 Å². The third-order valence-corrected chi connectivity index (χ3v) is 5.81. The Morgan fingerprint density at radius 3 is 2.86 bits per heavy atom. The van der Waals surface area contributed by atoms with Crippen LogP contribution in [0.25, 0.3) is 22.4 Å². The van der Waals surface area contributed by atoms with Gasteiger partial charge in [0.05, 0.1) is 11.0 Å². The van der Waals surface area contributed by atoms with E-state index in [-0.39, 0.29) is 5.56 Å². The summed E-state index contributed by atoms with van der Waals surface area (Å²) < 4.78 is 3.83. The Morgan fingerprint density at radius 1 is 1.31 bits per heavy atom. The minimum absolute atomic E-state index is 0.00395. The Morgan fingerprint density at radius 2 is 2.14 bits per heavy atom. The minimum atomic E-state index is -0.00395. The van der Waals surface area contributed by atoms with E-state index in [1.807, 2.05) is 36.2 Å². The minimum Gasteiger partial charge on any atom is -0.345 e. The molecule has 1 fully saturated rings. The summed E-state index contributed by atoms with van der Waals surface area (Å²) in [4.78, 5) is 30.2. The summed E-state index contributed by atoms with van der Waals surface area (Å²) in [6.07, 6.45) is 4.88. The molecule has 0 spiro atoms. The average molecular weight is 393 g/mol. The number of carbonyl (C=O) groups is 1. The van der Waals surface area contributed by atoms with Crippen molar-refractivity contribution in [3.05, 3.63) is 51.9 Å². The number of aryl methyl sites for hydroxylation is 2. The summed E-state index contributed by atoms with van der Waals surface area (Å²) in [7, 11) is 1.77. The first kappa shape index (κ1) is 19.4. The number of hydrogen-bond donors (Lipinski definition) is 1. The number of benzene rings is 1. The summed E-state index contributed by atoms with van der Waals surface area (Å²) in [5.41, 5.74) is 10.5. The molecule has 0 saturated carbocycles. The van der Waals surface area contributed by atoms with Gasteiger partial charge in [0.2, 0.25) is 6.41 Å². The van der Waals surface area contributed by atoms with E-state index in [0.717, 1.165) is 66.9 Å². The van der Waals surface area contributed by atoms with Crippen LogP contribution in [0.15, 0.2) is 35.3 Å². The van der Waals surface area contributed by atoms with E-state index in [1.54, 1.807) is 11.6 Å². The van der Waals surface area contributed by atoms with Crippen molar-refractivity contribution in [2.45, 2.75) is 32.9 Å². The fraction of sp³-hybridized carbons (Fsp3) is 0.409. The number of hydrogen-bond acceptors (Lipinski definition) is 4. The maximum Gasteiger partial charge on any atom is 0.253 e. The normalized spacial score (nSPS) is 17.1. The van der Waals surface area contributed by atoms with Gasteiger partial charge >= 0.3 is 0 Å². The zero-order chi connectivity index (χ0) is 20.5. The van der Waals surface area contributed by atoms with E-state index in [9.17, 15) is 9.59 Å². The van der Waals surface area contributed by atoms with Crippen LogP contribution in [0.3, 0.4) is 0 Å². The lowest BCUT2D eigenvalue weighted by molar-refractivity contribution is -0.119. The molecule has 1 aliphatic rings. The fourth-order valence-electron chi connectivity index (χ4n) is 4.30. The number of piperidine rings is 1. The van der Waals surface area contributed by atoms with E-state index in [2.05, 4.69) is 10.6 Å². The maximum absolute atomic E-state index is 12.2. The molecular weight excluding hydrogens is 366 g/mol. The molecule has 7 nitrogen and oxygen atoms in total. The zero-order valence-corrected chi connectivity index (χ0v) is 17.0. The highest BCUT2D eigenvalue weighted by Crippen LogP contribution is 2.28. The molecule has 1 aliphatic heterocycles. The lowest BCUT2D eigenvalue weighted by Gasteiger charge is -2.30. The van der Waals surface area contributed by atoms with E-state index < -0.39 is 0 Å². The van der Waals surface area contributed by atoms with Crippen LogP contribution in [0.4, 0.5) is 0 Å². The first-order chi connectivity index (χ1) is 14.0. The van der Waals surface area contributed by atoms with Gasteiger partial charge < -0.3 is 19.8 Å². The third kappa shape index (κ3) is 3.70. The van der Waals surface area contributed by atoms with Crippen molar-refractivity contribution in [2.24, 2.45) is 18.7 Å². The molecule has 1 unspecified atom stereocenters. The number of imidazole rings is 1. The summed E-state index contributed by atoms with van der Waals surface area (Å²) in [5.74, 6) is 1.20. The fourth-order valence-corrected chi connectivity index (χ4v) is 4.30. The van der Waals surface area contributed by atoms with E-state index in [1.165, 1.54) is 0 Å². The quantitative estimate of drug-likeness (QED) is 0.672. The van der Waals surface area contributed by atoms with Gasteiger partial charge in [-0.05, 0) is 49.4 Å². The van der Waals surface area contributed by atoms with Gasteiger partial charge in [0.15, 0.2) is 0 Å². The van der Waals surface area contributed by atoms with Gasteiger partial charge in [0, 0.05) is 50.6 Å². The lowest BCUT2D eigenvalue weighted by atomic mass is 9.98. The van der Waals surface area contributed by atoms with Crippen molar-refractivity contribution in [1.29, 1.82) is 0 Å². The Kier molecular flexibility index (Phi) is 5.24. The number of carbonyl (C=O) groups excluding carboxylic acids is 1. The molecule has 0 bridgehead atoms. The molecule has 3 heterocycles. The van der Waals surface area contributed by atoms with Crippen molar-refractivity contribution in [3.8, 4) is 11.4 Å². The van der Waals surface area contributed by atoms with E-state index >= 15 is 0 Å². The summed E-state index contributed by atoms with van der Waals surface area (Å²) in [6.45, 7) is 4.65. The average Bonchev–Trinajstić information content (AvgIpc) is 3.09. The summed E-state index contributed by atoms with van der Waals surface area (Å²) in [5, 5.41) is 0. The van der Waals surface area contributed by atoms with Gasteiger partial charge in [0.25, 0.3) is 5.56 Å². The van der Waals surface area contributed by atoms with Crippen molar-refractivity contribution >= 4 is 17.4 Å². The predicted molar refractivity (Wildman–Crippen MR) is 113 cm³/mol. The second-order valence-electron chi connectivity index (χ2n) is 8.01. The number of fused-ring (bicyclic) bond motifs is 1. The Labute approximate surface area is 169 Å². The molecule has 2 aromatic heterocycles. The molecule has 1 amide bonds. The predicted octanol–water partition coefficient (Wildman–Crippen LogP) is 2.04. The van der Waals surface area contributed by atoms with Crippen LogP contribution >= 0.6 is 0 Å². The number of nitrogens with two attached hydrogens (primary N) is 1. The van der Waals surface area contributed by atoms with Gasteiger partial charge in [-0.1, -0.05) is 6.07 Å². The van der Waals surface area contributed by atoms with E-state index in [4.69, 9.17) is 10.7 Å². The molecule has 152 valence electrons. The second-order valence-corrected chi connectivity index (χ2v) is 8.01. The van der Waals surface area contributed by atoms with Crippen LogP contribution in [-0.4, -0.2) is 38.5 Å². The second kappa shape index (κ2) is 7.83. The van der Waals surface area contributed by atoms with Gasteiger partial charge in [0.1, 0.15) is 5.82 Å². The van der Waals surface area contributed by atoms with Crippen LogP contribution in [0.2, 0.25) is 0 Å². The van der Waals surface area contributed by atoms with Crippen molar-refractivity contribution in [2.75, 3.05) is 13.1 Å². The molecular formula is C22H27N5O2. The van der Waals surface area contributed by atoms with Crippen LogP contribution in [0.1, 0.15) is 24.0 Å². The van der Waals surface area contributed by atoms with Gasteiger partial charge in [-0.3, -0.25) is 9.59 Å². The maximum atomic E-state index is 12.2. The molecule has 0 aliphatic carbocycles. The third-order valence-electron chi connectivity index (χ3n) is 5.81. The molecule has 1 atom stereocenters. The van der Waals surface area contributed by atoms with Gasteiger partial charge in [-0.15, -0.1) is 0 Å². The van der Waals surface area contributed by atoms with Crippen LogP contribution in [-0.2, 0) is 24.9 Å². The smallest absolute Gasteiger partial charge is 0.253 e. The Bertz CT molecular complexity index is 1090. The molecule has 2 N–H and O–H groups in total. The number of pyridine rings is 1. The highest BCUT2D eigenvalue weighted by atomic mass is 16.1. The van der Waals surface area contributed by atoms with Crippen LogP contribution in [0, 0.1) is 12.8 Å². The van der Waals surface area contributed by atoms with Gasteiger partial charge in [-0.25, -0.2) is 4.98 Å². The number of aromatic nitrogens is 3. The van der Waals surface area contributed by atoms with Crippen LogP contribution in [0.5, 0.6) is 0 Å². The largest absolute Gasteiger partial charge is 0.345 e. The molecule has 1 saturated heterocycles. The molecule has 0 radical (unpaired) electrons. The van der Waals surface area contributed by atoms with Crippen molar-refractivity contribution in [1.82, 2.24) is 19.0 Å². The molecule has 3 aromatic rings. The van der Waals surface area contributed by atoms with Gasteiger partial charge in [-0.2, -0.15) is 0 Å². The SMILES string of the molecule is Cc1cc(-c2nc3ccc(CN)cc3n2CC2CCCN(C=O)C2)cn(C)c1=O. The summed E-state index contributed by atoms with van der Waals surface area (Å²) >= 11 is 0. The van der Waals surface area contributed by atoms with Crippen LogP contribution < -0.4 is 11.3 Å². The first-order valence-corrected chi connectivity index (χ1v) is 10.1. The molecule has 29 heavy (non-hydrogen) atoms. The first-order valence-electron chi connectivity index (χ1n) is 10.1. The lowest BCUT2D eigenvalue weighted by Crippen LogP contribution is -2.36. The Hall–Kier alpha value is -2.93. The van der Waals surface area contributed by atoms with Crippen molar-refractivity contribution < 1.29 is 4.79 Å². The molecule has 4 rings (SSSR count). The van der Waals surface area contributed by atoms with E-state index in [0.29, 0.717) is 18.0 Å². The Balaban J connectivity index is 1.84. The number of nitrogens with zero attached hydrogens (tertiary/aromatic N) is 4. The molecule has 7 heteroatoms. The highest BCUT2D eigenvalue weighted by Gasteiger charge is 2.22. The monoisotopic (exact) mass is 393 g/mol. The number of likely N-dealkylation sites (tertiary alicyclic amines) is 1. The number of rotatable bonds is 5. The van der Waals surface area contributed by atoms with Crippen molar-refractivity contribution in [3.63, 3.8) is 0 Å². The standard InChI is InChI=1S/C22H27N5O2/c1-15-8-18(13-25(2)22(15)29)21-24-19-6-5-16(10-23)9-20(19)27(21)12-17-4-3-7-26(11-17)14-28/h5-6,8-9,13-14,17H,3-4,7,10-12,23H2,1-2H3.